The molecule has 4 heteroatoms. The van der Waals surface area contributed by atoms with Crippen molar-refractivity contribution < 1.29 is 19.0 Å². The van der Waals surface area contributed by atoms with Crippen LogP contribution in [0.1, 0.15) is 11.1 Å². The molecule has 4 rings (SSSR count). The monoisotopic (exact) mass is 346 g/mol. The number of carbonyl (C=O) groups is 1. The van der Waals surface area contributed by atoms with Crippen LogP contribution in [-0.4, -0.2) is 26.8 Å². The van der Waals surface area contributed by atoms with Crippen LogP contribution in [0.15, 0.2) is 60.7 Å². The molecule has 0 saturated heterocycles. The van der Waals surface area contributed by atoms with Gasteiger partial charge in [0, 0.05) is 5.57 Å². The van der Waals surface area contributed by atoms with Gasteiger partial charge in [0.15, 0.2) is 11.5 Å². The fourth-order valence-electron chi connectivity index (χ4n) is 3.37. The summed E-state index contributed by atoms with van der Waals surface area (Å²) in [6.45, 7) is 0.243. The van der Waals surface area contributed by atoms with Gasteiger partial charge >= 0.3 is 5.97 Å². The summed E-state index contributed by atoms with van der Waals surface area (Å²) in [5.41, 5.74) is 3.23. The van der Waals surface area contributed by atoms with Crippen LogP contribution in [0.2, 0.25) is 0 Å². The van der Waals surface area contributed by atoms with Crippen molar-refractivity contribution in [3.8, 4) is 11.5 Å². The number of benzene rings is 3. The lowest BCUT2D eigenvalue weighted by Crippen LogP contribution is -1.99. The van der Waals surface area contributed by atoms with Crippen molar-refractivity contribution in [2.75, 3.05) is 20.8 Å². The van der Waals surface area contributed by atoms with E-state index >= 15 is 0 Å². The molecule has 0 atom stereocenters. The van der Waals surface area contributed by atoms with E-state index in [0.29, 0.717) is 17.1 Å². The molecule has 0 saturated carbocycles. The van der Waals surface area contributed by atoms with E-state index in [1.165, 1.54) is 0 Å². The van der Waals surface area contributed by atoms with Gasteiger partial charge in [-0.1, -0.05) is 48.5 Å². The van der Waals surface area contributed by atoms with E-state index in [9.17, 15) is 4.79 Å². The number of rotatable bonds is 4. The Morgan fingerprint density at radius 1 is 0.885 bits per heavy atom. The summed E-state index contributed by atoms with van der Waals surface area (Å²) >= 11 is 0. The zero-order chi connectivity index (χ0) is 18.1. The van der Waals surface area contributed by atoms with Crippen LogP contribution in [0.3, 0.4) is 0 Å². The summed E-state index contributed by atoms with van der Waals surface area (Å²) in [7, 11) is 3.19. The van der Waals surface area contributed by atoms with E-state index in [0.717, 1.165) is 27.5 Å². The molecule has 0 radical (unpaired) electrons. The Balaban J connectivity index is 1.94. The predicted molar refractivity (Wildman–Crippen MR) is 101 cm³/mol. The first kappa shape index (κ1) is 16.2. The molecule has 0 spiro atoms. The smallest absolute Gasteiger partial charge is 0.339 e. The maximum atomic E-state index is 12.5. The van der Waals surface area contributed by atoms with E-state index in [-0.39, 0.29) is 12.6 Å². The zero-order valence-corrected chi connectivity index (χ0v) is 14.6. The Morgan fingerprint density at radius 3 is 2.46 bits per heavy atom. The number of esters is 1. The second-order valence-corrected chi connectivity index (χ2v) is 6.03. The molecule has 0 bridgehead atoms. The summed E-state index contributed by atoms with van der Waals surface area (Å²) in [5, 5.41) is 2.12. The molecule has 0 amide bonds. The topological polar surface area (TPSA) is 44.8 Å². The Labute approximate surface area is 151 Å². The Hall–Kier alpha value is -3.27. The number of fused-ring (bicyclic) bond motifs is 1. The minimum atomic E-state index is -0.300. The van der Waals surface area contributed by atoms with Gasteiger partial charge in [-0.15, -0.1) is 0 Å². The highest BCUT2D eigenvalue weighted by atomic mass is 16.5. The molecule has 1 aliphatic heterocycles. The van der Waals surface area contributed by atoms with Crippen molar-refractivity contribution in [3.05, 3.63) is 71.8 Å². The maximum Gasteiger partial charge on any atom is 0.339 e. The fraction of sp³-hybridized carbons (Fsp3) is 0.136. The SMILES string of the molecule is COc1ccc(C2=C(c3cccc4ccccc34)C(=O)OC2)cc1OC. The lowest BCUT2D eigenvalue weighted by Gasteiger charge is -2.11. The van der Waals surface area contributed by atoms with Crippen LogP contribution in [0, 0.1) is 0 Å². The van der Waals surface area contributed by atoms with E-state index < -0.39 is 0 Å². The molecule has 0 fully saturated rings. The Morgan fingerprint density at radius 2 is 1.65 bits per heavy atom. The average molecular weight is 346 g/mol. The minimum Gasteiger partial charge on any atom is -0.493 e. The quantitative estimate of drug-likeness (QED) is 0.660. The third-order valence-electron chi connectivity index (χ3n) is 4.64. The second kappa shape index (κ2) is 6.56. The molecule has 26 heavy (non-hydrogen) atoms. The van der Waals surface area contributed by atoms with Gasteiger partial charge in [0.05, 0.1) is 19.8 Å². The molecule has 0 aromatic heterocycles. The average Bonchev–Trinajstić information content (AvgIpc) is 3.08. The van der Waals surface area contributed by atoms with Gasteiger partial charge < -0.3 is 14.2 Å². The van der Waals surface area contributed by atoms with Crippen LogP contribution in [0.4, 0.5) is 0 Å². The van der Waals surface area contributed by atoms with Gasteiger partial charge in [0.2, 0.25) is 0 Å². The second-order valence-electron chi connectivity index (χ2n) is 6.03. The van der Waals surface area contributed by atoms with Crippen molar-refractivity contribution in [2.24, 2.45) is 0 Å². The van der Waals surface area contributed by atoms with E-state index in [1.54, 1.807) is 14.2 Å². The third kappa shape index (κ3) is 2.60. The van der Waals surface area contributed by atoms with Crippen molar-refractivity contribution in [3.63, 3.8) is 0 Å². The molecule has 0 N–H and O–H groups in total. The molecule has 4 nitrogen and oxygen atoms in total. The van der Waals surface area contributed by atoms with E-state index in [2.05, 4.69) is 0 Å². The molecular formula is C22H18O4. The maximum absolute atomic E-state index is 12.5. The fourth-order valence-corrected chi connectivity index (χ4v) is 3.37. The van der Waals surface area contributed by atoms with Crippen LogP contribution in [0.25, 0.3) is 21.9 Å². The van der Waals surface area contributed by atoms with Crippen molar-refractivity contribution in [1.29, 1.82) is 0 Å². The van der Waals surface area contributed by atoms with E-state index in [4.69, 9.17) is 14.2 Å². The van der Waals surface area contributed by atoms with Crippen LogP contribution >= 0.6 is 0 Å². The highest BCUT2D eigenvalue weighted by molar-refractivity contribution is 6.29. The standard InChI is InChI=1S/C22H18O4/c1-24-19-11-10-15(12-20(19)25-2)18-13-26-22(23)21(18)17-9-5-7-14-6-3-4-8-16(14)17/h3-12H,13H2,1-2H3. The largest absolute Gasteiger partial charge is 0.493 e. The molecule has 3 aromatic rings. The first-order valence-corrected chi connectivity index (χ1v) is 8.33. The minimum absolute atomic E-state index is 0.243. The van der Waals surface area contributed by atoms with Gasteiger partial charge in [0.1, 0.15) is 6.61 Å². The van der Waals surface area contributed by atoms with Crippen molar-refractivity contribution >= 4 is 27.9 Å². The molecule has 1 aliphatic rings. The molecule has 130 valence electrons. The predicted octanol–water partition coefficient (Wildman–Crippen LogP) is 4.32. The van der Waals surface area contributed by atoms with Gasteiger partial charge in [-0.2, -0.15) is 0 Å². The molecule has 1 heterocycles. The highest BCUT2D eigenvalue weighted by Gasteiger charge is 2.28. The van der Waals surface area contributed by atoms with Gasteiger partial charge in [-0.3, -0.25) is 0 Å². The molecular weight excluding hydrogens is 328 g/mol. The van der Waals surface area contributed by atoms with Gasteiger partial charge in [-0.25, -0.2) is 4.79 Å². The summed E-state index contributed by atoms with van der Waals surface area (Å²) in [5.74, 6) is 0.967. The van der Waals surface area contributed by atoms with Crippen LogP contribution in [-0.2, 0) is 9.53 Å². The number of methoxy groups -OCH3 is 2. The van der Waals surface area contributed by atoms with Gasteiger partial charge in [0.25, 0.3) is 0 Å². The number of cyclic esters (lactones) is 1. The number of hydrogen-bond donors (Lipinski definition) is 0. The molecule has 0 aliphatic carbocycles. The van der Waals surface area contributed by atoms with Gasteiger partial charge in [-0.05, 0) is 34.0 Å². The van der Waals surface area contributed by atoms with E-state index in [1.807, 2.05) is 60.7 Å². The summed E-state index contributed by atoms with van der Waals surface area (Å²) in [6, 6.07) is 19.6. The lowest BCUT2D eigenvalue weighted by molar-refractivity contribution is -0.133. The first-order valence-electron chi connectivity index (χ1n) is 8.33. The van der Waals surface area contributed by atoms with Crippen LogP contribution < -0.4 is 9.47 Å². The van der Waals surface area contributed by atoms with Crippen LogP contribution in [0.5, 0.6) is 11.5 Å². The summed E-state index contributed by atoms with van der Waals surface area (Å²) in [6.07, 6.45) is 0. The molecule has 3 aromatic carbocycles. The first-order chi connectivity index (χ1) is 12.7. The molecule has 0 unspecified atom stereocenters. The summed E-state index contributed by atoms with van der Waals surface area (Å²) in [4.78, 5) is 12.5. The third-order valence-corrected chi connectivity index (χ3v) is 4.64. The summed E-state index contributed by atoms with van der Waals surface area (Å²) < 4.78 is 16.1. The number of ether oxygens (including phenoxy) is 3. The normalized spacial score (nSPS) is 13.8. The Bertz CT molecular complexity index is 1030. The number of carbonyl (C=O) groups excluding carboxylic acids is 1. The lowest BCUT2D eigenvalue weighted by atomic mass is 9.93. The zero-order valence-electron chi connectivity index (χ0n) is 14.6. The van der Waals surface area contributed by atoms with Crippen molar-refractivity contribution in [1.82, 2.24) is 0 Å². The highest BCUT2D eigenvalue weighted by Crippen LogP contribution is 2.38. The van der Waals surface area contributed by atoms with Crippen molar-refractivity contribution in [2.45, 2.75) is 0 Å². The Kier molecular flexibility index (Phi) is 4.09. The number of hydrogen-bond acceptors (Lipinski definition) is 4.